The molecule has 50 heavy (non-hydrogen) atoms. The summed E-state index contributed by atoms with van der Waals surface area (Å²) < 4.78 is 2.40. The lowest BCUT2D eigenvalue weighted by Crippen LogP contribution is -2.43. The molecule has 0 atom stereocenters. The summed E-state index contributed by atoms with van der Waals surface area (Å²) in [5, 5.41) is 2.48. The first kappa shape index (κ1) is 30.2. The third-order valence-corrected chi connectivity index (χ3v) is 11.5. The monoisotopic (exact) mass is 644 g/mol. The number of anilines is 3. The zero-order chi connectivity index (χ0) is 34.0. The van der Waals surface area contributed by atoms with Crippen LogP contribution in [0.5, 0.6) is 0 Å². The van der Waals surface area contributed by atoms with Crippen molar-refractivity contribution in [2.24, 2.45) is 0 Å². The van der Waals surface area contributed by atoms with E-state index in [0.717, 1.165) is 22.7 Å². The van der Waals surface area contributed by atoms with Gasteiger partial charge < -0.3 is 9.47 Å². The van der Waals surface area contributed by atoms with Crippen molar-refractivity contribution >= 4 is 38.9 Å². The maximum atomic E-state index is 2.48. The second-order valence-corrected chi connectivity index (χ2v) is 14.6. The third kappa shape index (κ3) is 4.41. The Hall–Kier alpha value is -5.86. The second kappa shape index (κ2) is 11.4. The van der Waals surface area contributed by atoms with Crippen LogP contribution >= 0.6 is 0 Å². The summed E-state index contributed by atoms with van der Waals surface area (Å²) in [6.07, 6.45) is 0. The van der Waals surface area contributed by atoms with Gasteiger partial charge in [0, 0.05) is 27.8 Å². The molecule has 0 amide bonds. The first-order chi connectivity index (χ1) is 24.4. The molecule has 8 aromatic rings. The fourth-order valence-electron chi connectivity index (χ4n) is 8.35. The van der Waals surface area contributed by atoms with Crippen LogP contribution in [0.4, 0.5) is 17.1 Å². The number of para-hydroxylation sites is 3. The molecule has 242 valence electrons. The van der Waals surface area contributed by atoms with Gasteiger partial charge >= 0.3 is 0 Å². The summed E-state index contributed by atoms with van der Waals surface area (Å²) in [5.41, 5.74) is 14.7. The van der Waals surface area contributed by atoms with Crippen LogP contribution in [0.25, 0.3) is 49.7 Å². The Bertz CT molecular complexity index is 2520. The van der Waals surface area contributed by atoms with E-state index in [4.69, 9.17) is 0 Å². The smallest absolute Gasteiger partial charge is 0.0562 e. The molecule has 1 aliphatic carbocycles. The number of fused-ring (bicyclic) bond motifs is 6. The lowest BCUT2D eigenvalue weighted by atomic mass is 9.55. The number of benzene rings is 7. The average molecular weight is 645 g/mol. The quantitative estimate of drug-likeness (QED) is 0.181. The Morgan fingerprint density at radius 3 is 1.84 bits per heavy atom. The topological polar surface area (TPSA) is 8.17 Å². The largest absolute Gasteiger partial charge is 0.310 e. The molecule has 1 aliphatic rings. The highest BCUT2D eigenvalue weighted by Crippen LogP contribution is 2.57. The Morgan fingerprint density at radius 2 is 1.08 bits per heavy atom. The van der Waals surface area contributed by atoms with Crippen molar-refractivity contribution in [2.45, 2.75) is 38.5 Å². The van der Waals surface area contributed by atoms with Crippen molar-refractivity contribution in [3.8, 4) is 27.9 Å². The normalized spacial score (nSPS) is 14.3. The molecule has 1 aromatic heterocycles. The maximum Gasteiger partial charge on any atom is 0.0562 e. The molecule has 0 N–H and O–H groups in total. The molecule has 0 radical (unpaired) electrons. The van der Waals surface area contributed by atoms with Crippen LogP contribution in [0.2, 0.25) is 0 Å². The fourth-order valence-corrected chi connectivity index (χ4v) is 8.35. The van der Waals surface area contributed by atoms with E-state index in [0.29, 0.717) is 0 Å². The number of rotatable bonds is 5. The summed E-state index contributed by atoms with van der Waals surface area (Å²) in [6, 6.07) is 62.1. The van der Waals surface area contributed by atoms with Crippen LogP contribution in [0, 0.1) is 0 Å². The number of aromatic nitrogens is 1. The second-order valence-electron chi connectivity index (χ2n) is 14.6. The number of nitrogens with zero attached hydrogens (tertiary/aromatic N) is 2. The molecule has 1 heterocycles. The summed E-state index contributed by atoms with van der Waals surface area (Å²) in [4.78, 5) is 2.46. The van der Waals surface area contributed by atoms with Gasteiger partial charge in [0.1, 0.15) is 0 Å². The van der Waals surface area contributed by atoms with Crippen molar-refractivity contribution in [1.82, 2.24) is 4.57 Å². The van der Waals surface area contributed by atoms with E-state index < -0.39 is 0 Å². The number of hydrogen-bond acceptors (Lipinski definition) is 1. The summed E-state index contributed by atoms with van der Waals surface area (Å²) in [5.74, 6) is 0. The maximum absolute atomic E-state index is 2.48. The molecule has 0 unspecified atom stereocenters. The number of hydrogen-bond donors (Lipinski definition) is 0. The SMILES string of the molecule is CC1(C)c2cc(N(c3ccccc3)c3cccc4c3c3ccccc3n4-c3ccccc3)ccc2-c2c(-c3ccccc3)cccc2C1(C)C. The predicted octanol–water partition coefficient (Wildman–Crippen LogP) is 13.2. The van der Waals surface area contributed by atoms with E-state index in [1.54, 1.807) is 0 Å². The van der Waals surface area contributed by atoms with E-state index in [1.165, 1.54) is 55.2 Å². The van der Waals surface area contributed by atoms with Gasteiger partial charge in [-0.05, 0) is 98.8 Å². The van der Waals surface area contributed by atoms with Crippen molar-refractivity contribution < 1.29 is 0 Å². The van der Waals surface area contributed by atoms with E-state index in [2.05, 4.69) is 207 Å². The van der Waals surface area contributed by atoms with Crippen LogP contribution in [0.3, 0.4) is 0 Å². The van der Waals surface area contributed by atoms with Crippen LogP contribution in [0.15, 0.2) is 170 Å². The Kier molecular flexibility index (Phi) is 6.86. The molecule has 9 rings (SSSR count). The molecule has 0 saturated carbocycles. The van der Waals surface area contributed by atoms with Gasteiger partial charge in [-0.25, -0.2) is 0 Å². The summed E-state index contributed by atoms with van der Waals surface area (Å²) in [7, 11) is 0. The fraction of sp³-hybridized carbons (Fsp3) is 0.125. The standard InChI is InChI=1S/C48H40N2/c1-47(2)40-26-16-25-37(33-18-8-5-9-19-33)45(40)38-31-30-36(32-41(38)48(47,3)4)49(34-20-10-6-11-21-34)43-28-17-29-44-46(43)39-24-14-15-27-42(39)50(44)35-22-12-7-13-23-35/h5-32H,1-4H3. The molecule has 0 fully saturated rings. The highest BCUT2D eigenvalue weighted by Gasteiger charge is 2.46. The van der Waals surface area contributed by atoms with Gasteiger partial charge in [-0.3, -0.25) is 0 Å². The zero-order valence-corrected chi connectivity index (χ0v) is 29.1. The van der Waals surface area contributed by atoms with Gasteiger partial charge in [0.15, 0.2) is 0 Å². The first-order valence-corrected chi connectivity index (χ1v) is 17.6. The van der Waals surface area contributed by atoms with E-state index in [1.807, 2.05) is 0 Å². The van der Waals surface area contributed by atoms with Crippen molar-refractivity contribution in [3.63, 3.8) is 0 Å². The highest BCUT2D eigenvalue weighted by atomic mass is 15.1. The Balaban J connectivity index is 1.33. The minimum Gasteiger partial charge on any atom is -0.310 e. The van der Waals surface area contributed by atoms with Crippen molar-refractivity contribution in [3.05, 3.63) is 181 Å². The summed E-state index contributed by atoms with van der Waals surface area (Å²) >= 11 is 0. The van der Waals surface area contributed by atoms with Crippen molar-refractivity contribution in [2.75, 3.05) is 4.90 Å². The molecule has 0 bridgehead atoms. The molecule has 0 aliphatic heterocycles. The highest BCUT2D eigenvalue weighted by molar-refractivity contribution is 6.16. The van der Waals surface area contributed by atoms with E-state index in [9.17, 15) is 0 Å². The summed E-state index contributed by atoms with van der Waals surface area (Å²) in [6.45, 7) is 9.69. The molecule has 7 aromatic carbocycles. The Labute approximate surface area is 294 Å². The molecular formula is C48H40N2. The van der Waals surface area contributed by atoms with Crippen LogP contribution in [-0.2, 0) is 10.8 Å². The molecule has 2 heteroatoms. The molecule has 0 saturated heterocycles. The van der Waals surface area contributed by atoms with Gasteiger partial charge in [-0.15, -0.1) is 0 Å². The van der Waals surface area contributed by atoms with Crippen molar-refractivity contribution in [1.29, 1.82) is 0 Å². The van der Waals surface area contributed by atoms with Gasteiger partial charge in [0.2, 0.25) is 0 Å². The lowest BCUT2D eigenvalue weighted by molar-refractivity contribution is 0.299. The van der Waals surface area contributed by atoms with Crippen LogP contribution < -0.4 is 4.90 Å². The minimum atomic E-state index is -0.141. The van der Waals surface area contributed by atoms with Gasteiger partial charge in [-0.1, -0.05) is 143 Å². The molecular weight excluding hydrogens is 605 g/mol. The van der Waals surface area contributed by atoms with Gasteiger partial charge in [-0.2, -0.15) is 0 Å². The third-order valence-electron chi connectivity index (χ3n) is 11.5. The van der Waals surface area contributed by atoms with E-state index >= 15 is 0 Å². The van der Waals surface area contributed by atoms with Gasteiger partial charge in [0.05, 0.1) is 16.7 Å². The molecule has 0 spiro atoms. The minimum absolute atomic E-state index is 0.112. The zero-order valence-electron chi connectivity index (χ0n) is 29.1. The molecule has 2 nitrogen and oxygen atoms in total. The lowest BCUT2D eigenvalue weighted by Gasteiger charge is -2.49. The van der Waals surface area contributed by atoms with Crippen LogP contribution in [0.1, 0.15) is 38.8 Å². The van der Waals surface area contributed by atoms with Crippen LogP contribution in [-0.4, -0.2) is 4.57 Å². The van der Waals surface area contributed by atoms with E-state index in [-0.39, 0.29) is 10.8 Å². The first-order valence-electron chi connectivity index (χ1n) is 17.6. The average Bonchev–Trinajstić information content (AvgIpc) is 3.50. The van der Waals surface area contributed by atoms with Gasteiger partial charge in [0.25, 0.3) is 0 Å². The predicted molar refractivity (Wildman–Crippen MR) is 212 cm³/mol. The Morgan fingerprint density at radius 1 is 0.460 bits per heavy atom.